The molecule has 150 valence electrons. The highest BCUT2D eigenvalue weighted by Crippen LogP contribution is 2.42. The molecule has 0 atom stereocenters. The molecule has 0 spiro atoms. The maximum absolute atomic E-state index is 14.8. The molecule has 1 aromatic heterocycles. The van der Waals surface area contributed by atoms with Gasteiger partial charge in [-0.3, -0.25) is 0 Å². The molecule has 1 heterocycles. The van der Waals surface area contributed by atoms with E-state index < -0.39 is 17.5 Å². The van der Waals surface area contributed by atoms with E-state index in [1.54, 1.807) is 24.3 Å². The molecular formula is C20H14Cl3FN2O3. The van der Waals surface area contributed by atoms with Gasteiger partial charge in [-0.05, 0) is 17.7 Å². The number of ether oxygens (including phenoxy) is 2. The average molecular weight is 456 g/mol. The Kier molecular flexibility index (Phi) is 6.47. The summed E-state index contributed by atoms with van der Waals surface area (Å²) in [7, 11) is 1.36. The number of pyridine rings is 1. The Labute approximate surface area is 181 Å². The van der Waals surface area contributed by atoms with Crippen molar-refractivity contribution in [1.82, 2.24) is 4.98 Å². The smallest absolute Gasteiger partial charge is 0.358 e. The van der Waals surface area contributed by atoms with E-state index >= 15 is 0 Å². The van der Waals surface area contributed by atoms with Crippen LogP contribution in [-0.4, -0.2) is 18.1 Å². The highest BCUT2D eigenvalue weighted by molar-refractivity contribution is 6.39. The summed E-state index contributed by atoms with van der Waals surface area (Å²) >= 11 is 18.4. The fourth-order valence-electron chi connectivity index (χ4n) is 2.57. The van der Waals surface area contributed by atoms with Gasteiger partial charge in [0.05, 0.1) is 27.9 Å². The van der Waals surface area contributed by atoms with Gasteiger partial charge >= 0.3 is 5.97 Å². The van der Waals surface area contributed by atoms with Gasteiger partial charge in [0.2, 0.25) is 0 Å². The van der Waals surface area contributed by atoms with Crippen LogP contribution in [0.1, 0.15) is 16.1 Å². The van der Waals surface area contributed by atoms with Gasteiger partial charge < -0.3 is 15.2 Å². The zero-order chi connectivity index (χ0) is 21.1. The Bertz CT molecular complexity index is 1080. The minimum Gasteiger partial charge on any atom is -0.494 e. The van der Waals surface area contributed by atoms with Crippen LogP contribution in [0.25, 0.3) is 11.3 Å². The Morgan fingerprint density at radius 3 is 2.45 bits per heavy atom. The van der Waals surface area contributed by atoms with Crippen molar-refractivity contribution in [2.45, 2.75) is 6.61 Å². The molecule has 0 aliphatic rings. The van der Waals surface area contributed by atoms with Crippen molar-refractivity contribution in [1.29, 1.82) is 0 Å². The van der Waals surface area contributed by atoms with E-state index in [0.717, 1.165) is 5.56 Å². The fraction of sp³-hybridized carbons (Fsp3) is 0.100. The van der Waals surface area contributed by atoms with Crippen LogP contribution in [0.3, 0.4) is 0 Å². The number of nitrogens with two attached hydrogens (primary N) is 1. The first-order valence-electron chi connectivity index (χ1n) is 8.23. The number of hydrogen-bond acceptors (Lipinski definition) is 5. The van der Waals surface area contributed by atoms with Gasteiger partial charge in [-0.25, -0.2) is 14.2 Å². The van der Waals surface area contributed by atoms with Gasteiger partial charge in [-0.1, -0.05) is 65.1 Å². The number of nitrogen functional groups attached to an aromatic ring is 1. The van der Waals surface area contributed by atoms with E-state index in [-0.39, 0.29) is 44.4 Å². The molecule has 5 nitrogen and oxygen atoms in total. The van der Waals surface area contributed by atoms with Crippen molar-refractivity contribution in [2.75, 3.05) is 12.8 Å². The Morgan fingerprint density at radius 1 is 1.10 bits per heavy atom. The average Bonchev–Trinajstić information content (AvgIpc) is 2.72. The molecule has 29 heavy (non-hydrogen) atoms. The molecule has 2 N–H and O–H groups in total. The maximum Gasteiger partial charge on any atom is 0.358 e. The van der Waals surface area contributed by atoms with Crippen LogP contribution in [0, 0.1) is 5.82 Å². The van der Waals surface area contributed by atoms with E-state index in [1.165, 1.54) is 19.2 Å². The summed E-state index contributed by atoms with van der Waals surface area (Å²) in [6.45, 7) is -0.0141. The van der Waals surface area contributed by atoms with Gasteiger partial charge in [0.25, 0.3) is 0 Å². The number of benzene rings is 2. The predicted molar refractivity (Wildman–Crippen MR) is 111 cm³/mol. The fourth-order valence-corrected chi connectivity index (χ4v) is 3.39. The molecule has 0 amide bonds. The summed E-state index contributed by atoms with van der Waals surface area (Å²) in [5.74, 6) is -1.65. The summed E-state index contributed by atoms with van der Waals surface area (Å²) in [6.07, 6.45) is 0. The molecule has 0 saturated heterocycles. The van der Waals surface area contributed by atoms with E-state index in [1.807, 2.05) is 6.07 Å². The Hall–Kier alpha value is -2.54. The summed E-state index contributed by atoms with van der Waals surface area (Å²) < 4.78 is 25.2. The number of carbonyl (C=O) groups is 1. The van der Waals surface area contributed by atoms with Gasteiger partial charge in [-0.2, -0.15) is 0 Å². The second-order valence-electron chi connectivity index (χ2n) is 5.85. The minimum absolute atomic E-state index is 0.0109. The first-order valence-corrected chi connectivity index (χ1v) is 9.36. The molecule has 0 fully saturated rings. The highest BCUT2D eigenvalue weighted by atomic mass is 35.5. The van der Waals surface area contributed by atoms with E-state index in [2.05, 4.69) is 4.98 Å². The maximum atomic E-state index is 14.8. The molecule has 0 saturated carbocycles. The lowest BCUT2D eigenvalue weighted by Crippen LogP contribution is -2.12. The molecular weight excluding hydrogens is 442 g/mol. The number of carbonyl (C=O) groups excluding carboxylic acids is 1. The topological polar surface area (TPSA) is 74.4 Å². The lowest BCUT2D eigenvalue weighted by molar-refractivity contribution is 0.0466. The standard InChI is InChI=1S/C20H14Cl3FN2O3/c1-28-19-12(21)8-7-11(13(19)22)17-15(24)16(25)14(23)18(26-17)20(27)29-9-10-5-3-2-4-6-10/h2-8H,9H2,1H3,(H2,25,26). The van der Waals surface area contributed by atoms with E-state index in [9.17, 15) is 9.18 Å². The molecule has 3 aromatic rings. The van der Waals surface area contributed by atoms with Crippen molar-refractivity contribution in [2.24, 2.45) is 0 Å². The van der Waals surface area contributed by atoms with Gasteiger partial charge in [0, 0.05) is 5.56 Å². The third-order valence-corrected chi connectivity index (χ3v) is 5.08. The molecule has 0 unspecified atom stereocenters. The third kappa shape index (κ3) is 4.24. The van der Waals surface area contributed by atoms with Crippen LogP contribution >= 0.6 is 34.8 Å². The Morgan fingerprint density at radius 2 is 1.79 bits per heavy atom. The van der Waals surface area contributed by atoms with Crippen molar-refractivity contribution in [3.8, 4) is 17.0 Å². The van der Waals surface area contributed by atoms with Crippen molar-refractivity contribution in [3.63, 3.8) is 0 Å². The van der Waals surface area contributed by atoms with E-state index in [4.69, 9.17) is 50.0 Å². The van der Waals surface area contributed by atoms with Gasteiger partial charge in [0.15, 0.2) is 17.3 Å². The number of halogens is 4. The van der Waals surface area contributed by atoms with Crippen molar-refractivity contribution >= 4 is 46.5 Å². The SMILES string of the molecule is COc1c(Cl)ccc(-c2nc(C(=O)OCc3ccccc3)c(Cl)c(N)c2F)c1Cl. The molecule has 0 radical (unpaired) electrons. The second-order valence-corrected chi connectivity index (χ2v) is 7.02. The van der Waals surface area contributed by atoms with Crippen LogP contribution in [0.2, 0.25) is 15.1 Å². The number of anilines is 1. The van der Waals surface area contributed by atoms with Gasteiger partial charge in [0.1, 0.15) is 12.3 Å². The number of esters is 1. The largest absolute Gasteiger partial charge is 0.494 e. The second kappa shape index (κ2) is 8.86. The lowest BCUT2D eigenvalue weighted by atomic mass is 10.1. The monoisotopic (exact) mass is 454 g/mol. The van der Waals surface area contributed by atoms with Crippen LogP contribution in [0.15, 0.2) is 42.5 Å². The van der Waals surface area contributed by atoms with Crippen LogP contribution in [0.5, 0.6) is 5.75 Å². The predicted octanol–water partition coefficient (Wildman–Crippen LogP) is 5.80. The first-order chi connectivity index (χ1) is 13.8. The van der Waals surface area contributed by atoms with E-state index in [0.29, 0.717) is 0 Å². The zero-order valence-corrected chi connectivity index (χ0v) is 17.3. The number of methoxy groups -OCH3 is 1. The Balaban J connectivity index is 2.03. The molecule has 9 heteroatoms. The quantitative estimate of drug-likeness (QED) is 0.492. The molecule has 3 rings (SSSR count). The summed E-state index contributed by atoms with van der Waals surface area (Å²) in [5, 5.41) is -0.107. The number of rotatable bonds is 5. The summed E-state index contributed by atoms with van der Waals surface area (Å²) in [6, 6.07) is 11.9. The van der Waals surface area contributed by atoms with Crippen LogP contribution < -0.4 is 10.5 Å². The lowest BCUT2D eigenvalue weighted by Gasteiger charge is -2.14. The highest BCUT2D eigenvalue weighted by Gasteiger charge is 2.25. The van der Waals surface area contributed by atoms with Crippen LogP contribution in [-0.2, 0) is 11.3 Å². The first kappa shape index (κ1) is 21.2. The summed E-state index contributed by atoms with van der Waals surface area (Å²) in [5.41, 5.74) is 5.59. The van der Waals surface area contributed by atoms with Crippen LogP contribution in [0.4, 0.5) is 10.1 Å². The number of nitrogens with zero attached hydrogens (tertiary/aromatic N) is 1. The number of aromatic nitrogens is 1. The molecule has 0 aliphatic heterocycles. The normalized spacial score (nSPS) is 10.7. The number of hydrogen-bond donors (Lipinski definition) is 1. The summed E-state index contributed by atoms with van der Waals surface area (Å²) in [4.78, 5) is 16.6. The molecule has 0 aliphatic carbocycles. The molecule has 0 bridgehead atoms. The van der Waals surface area contributed by atoms with Gasteiger partial charge in [-0.15, -0.1) is 0 Å². The molecule has 2 aromatic carbocycles. The van der Waals surface area contributed by atoms with Crippen molar-refractivity contribution in [3.05, 3.63) is 74.6 Å². The minimum atomic E-state index is -0.930. The third-order valence-electron chi connectivity index (χ3n) is 4.03. The zero-order valence-electron chi connectivity index (χ0n) is 15.0. The van der Waals surface area contributed by atoms with Crippen molar-refractivity contribution < 1.29 is 18.7 Å².